The normalized spacial score (nSPS) is 14.5. The zero-order valence-electron chi connectivity index (χ0n) is 9.32. The lowest BCUT2D eigenvalue weighted by atomic mass is 10.2. The SMILES string of the molecule is O=C(NCC1CC1)OCCc1ccccc1. The van der Waals surface area contributed by atoms with Gasteiger partial charge >= 0.3 is 6.09 Å². The third-order valence-corrected chi connectivity index (χ3v) is 2.70. The molecule has 1 aliphatic rings. The Morgan fingerprint density at radius 3 is 2.75 bits per heavy atom. The van der Waals surface area contributed by atoms with Crippen LogP contribution in [-0.4, -0.2) is 19.2 Å². The predicted octanol–water partition coefficient (Wildman–Crippen LogP) is 2.37. The lowest BCUT2D eigenvalue weighted by Gasteiger charge is -2.06. The second kappa shape index (κ2) is 5.54. The van der Waals surface area contributed by atoms with Crippen LogP contribution >= 0.6 is 0 Å². The van der Waals surface area contributed by atoms with E-state index >= 15 is 0 Å². The van der Waals surface area contributed by atoms with Crippen LogP contribution in [0.25, 0.3) is 0 Å². The number of carbonyl (C=O) groups excluding carboxylic acids is 1. The summed E-state index contributed by atoms with van der Waals surface area (Å²) < 4.78 is 5.07. The molecule has 1 aliphatic carbocycles. The molecule has 0 radical (unpaired) electrons. The van der Waals surface area contributed by atoms with Crippen LogP contribution in [0.1, 0.15) is 18.4 Å². The second-order valence-electron chi connectivity index (χ2n) is 4.20. The van der Waals surface area contributed by atoms with E-state index in [1.807, 2.05) is 30.3 Å². The highest BCUT2D eigenvalue weighted by molar-refractivity contribution is 5.67. The van der Waals surface area contributed by atoms with Gasteiger partial charge in [0.15, 0.2) is 0 Å². The molecule has 0 saturated heterocycles. The molecule has 3 nitrogen and oxygen atoms in total. The smallest absolute Gasteiger partial charge is 0.407 e. The highest BCUT2D eigenvalue weighted by Crippen LogP contribution is 2.27. The number of carbonyl (C=O) groups is 1. The van der Waals surface area contributed by atoms with Gasteiger partial charge in [-0.1, -0.05) is 30.3 Å². The third kappa shape index (κ3) is 3.93. The molecule has 1 N–H and O–H groups in total. The van der Waals surface area contributed by atoms with Crippen molar-refractivity contribution in [3.8, 4) is 0 Å². The molecule has 2 rings (SSSR count). The van der Waals surface area contributed by atoms with Crippen LogP contribution in [0, 0.1) is 5.92 Å². The first-order valence-corrected chi connectivity index (χ1v) is 5.79. The monoisotopic (exact) mass is 219 g/mol. The number of alkyl carbamates (subject to hydrolysis) is 1. The van der Waals surface area contributed by atoms with Gasteiger partial charge < -0.3 is 10.1 Å². The summed E-state index contributed by atoms with van der Waals surface area (Å²) >= 11 is 0. The summed E-state index contributed by atoms with van der Waals surface area (Å²) in [4.78, 5) is 11.2. The van der Waals surface area contributed by atoms with E-state index in [1.54, 1.807) is 0 Å². The highest BCUT2D eigenvalue weighted by Gasteiger charge is 2.21. The maximum atomic E-state index is 11.2. The van der Waals surface area contributed by atoms with Gasteiger partial charge in [-0.15, -0.1) is 0 Å². The van der Waals surface area contributed by atoms with Gasteiger partial charge in [-0.3, -0.25) is 0 Å². The fourth-order valence-electron chi connectivity index (χ4n) is 1.51. The van der Waals surface area contributed by atoms with Crippen molar-refractivity contribution in [3.63, 3.8) is 0 Å². The van der Waals surface area contributed by atoms with Crippen molar-refractivity contribution < 1.29 is 9.53 Å². The van der Waals surface area contributed by atoms with Crippen molar-refractivity contribution in [1.82, 2.24) is 5.32 Å². The van der Waals surface area contributed by atoms with E-state index in [1.165, 1.54) is 18.4 Å². The molecule has 1 amide bonds. The molecular weight excluding hydrogens is 202 g/mol. The number of ether oxygens (including phenoxy) is 1. The summed E-state index contributed by atoms with van der Waals surface area (Å²) in [7, 11) is 0. The summed E-state index contributed by atoms with van der Waals surface area (Å²) in [6.07, 6.45) is 2.97. The molecule has 1 aromatic rings. The Kier molecular flexibility index (Phi) is 3.81. The summed E-state index contributed by atoms with van der Waals surface area (Å²) in [5.74, 6) is 0.696. The first kappa shape index (κ1) is 11.0. The molecule has 1 aromatic carbocycles. The topological polar surface area (TPSA) is 38.3 Å². The Morgan fingerprint density at radius 2 is 2.06 bits per heavy atom. The number of hydrogen-bond acceptors (Lipinski definition) is 2. The number of hydrogen-bond donors (Lipinski definition) is 1. The number of benzene rings is 1. The maximum Gasteiger partial charge on any atom is 0.407 e. The van der Waals surface area contributed by atoms with E-state index in [0.717, 1.165) is 13.0 Å². The van der Waals surface area contributed by atoms with Crippen LogP contribution in [-0.2, 0) is 11.2 Å². The van der Waals surface area contributed by atoms with Crippen LogP contribution in [0.15, 0.2) is 30.3 Å². The third-order valence-electron chi connectivity index (χ3n) is 2.70. The van der Waals surface area contributed by atoms with E-state index in [9.17, 15) is 4.79 Å². The van der Waals surface area contributed by atoms with Crippen molar-refractivity contribution in [2.75, 3.05) is 13.2 Å². The Labute approximate surface area is 95.8 Å². The van der Waals surface area contributed by atoms with E-state index in [2.05, 4.69) is 5.32 Å². The first-order valence-electron chi connectivity index (χ1n) is 5.79. The number of nitrogens with one attached hydrogen (secondary N) is 1. The zero-order valence-corrected chi connectivity index (χ0v) is 9.32. The Bertz CT molecular complexity index is 333. The number of rotatable bonds is 5. The van der Waals surface area contributed by atoms with Crippen molar-refractivity contribution >= 4 is 6.09 Å². The average molecular weight is 219 g/mol. The minimum atomic E-state index is -0.289. The lowest BCUT2D eigenvalue weighted by Crippen LogP contribution is -2.26. The van der Waals surface area contributed by atoms with Crippen LogP contribution in [0.5, 0.6) is 0 Å². The van der Waals surface area contributed by atoms with Crippen molar-refractivity contribution in [2.45, 2.75) is 19.3 Å². The molecule has 0 aliphatic heterocycles. The van der Waals surface area contributed by atoms with Gasteiger partial charge in [0.05, 0.1) is 6.61 Å². The van der Waals surface area contributed by atoms with Crippen LogP contribution in [0.3, 0.4) is 0 Å². The molecule has 16 heavy (non-hydrogen) atoms. The van der Waals surface area contributed by atoms with Crippen molar-refractivity contribution in [2.24, 2.45) is 5.92 Å². The summed E-state index contributed by atoms with van der Waals surface area (Å²) in [6.45, 7) is 1.21. The predicted molar refractivity (Wildman–Crippen MR) is 62.2 cm³/mol. The minimum Gasteiger partial charge on any atom is -0.449 e. The first-order chi connectivity index (χ1) is 7.84. The summed E-state index contributed by atoms with van der Waals surface area (Å²) in [5.41, 5.74) is 1.19. The fraction of sp³-hybridized carbons (Fsp3) is 0.462. The molecule has 0 heterocycles. The zero-order chi connectivity index (χ0) is 11.2. The lowest BCUT2D eigenvalue weighted by molar-refractivity contribution is 0.147. The van der Waals surface area contributed by atoms with E-state index < -0.39 is 0 Å². The van der Waals surface area contributed by atoms with E-state index in [4.69, 9.17) is 4.74 Å². The van der Waals surface area contributed by atoms with E-state index in [0.29, 0.717) is 12.5 Å². The molecule has 86 valence electrons. The highest BCUT2D eigenvalue weighted by atomic mass is 16.5. The Morgan fingerprint density at radius 1 is 1.31 bits per heavy atom. The van der Waals surface area contributed by atoms with Crippen molar-refractivity contribution in [3.05, 3.63) is 35.9 Å². The fourth-order valence-corrected chi connectivity index (χ4v) is 1.51. The summed E-state index contributed by atoms with van der Waals surface area (Å²) in [6, 6.07) is 10.0. The molecule has 0 spiro atoms. The van der Waals surface area contributed by atoms with Crippen molar-refractivity contribution in [1.29, 1.82) is 0 Å². The van der Waals surface area contributed by atoms with Crippen LogP contribution in [0.4, 0.5) is 4.79 Å². The van der Waals surface area contributed by atoms with Gasteiger partial charge in [-0.05, 0) is 24.3 Å². The number of amides is 1. The molecule has 0 bridgehead atoms. The maximum absolute atomic E-state index is 11.2. The molecular formula is C13H17NO2. The Balaban J connectivity index is 1.58. The van der Waals surface area contributed by atoms with Crippen LogP contribution < -0.4 is 5.32 Å². The molecule has 1 saturated carbocycles. The van der Waals surface area contributed by atoms with Gasteiger partial charge in [0.1, 0.15) is 0 Å². The summed E-state index contributed by atoms with van der Waals surface area (Å²) in [5, 5.41) is 2.77. The van der Waals surface area contributed by atoms with Gasteiger partial charge in [0, 0.05) is 13.0 Å². The molecule has 3 heteroatoms. The van der Waals surface area contributed by atoms with E-state index in [-0.39, 0.29) is 6.09 Å². The largest absolute Gasteiger partial charge is 0.449 e. The van der Waals surface area contributed by atoms with Gasteiger partial charge in [-0.2, -0.15) is 0 Å². The van der Waals surface area contributed by atoms with Crippen LogP contribution in [0.2, 0.25) is 0 Å². The molecule has 0 unspecified atom stereocenters. The van der Waals surface area contributed by atoms with Gasteiger partial charge in [0.25, 0.3) is 0 Å². The second-order valence-corrected chi connectivity index (χ2v) is 4.20. The molecule has 1 fully saturated rings. The average Bonchev–Trinajstić information content (AvgIpc) is 3.12. The molecule has 0 aromatic heterocycles. The van der Waals surface area contributed by atoms with Gasteiger partial charge in [0.2, 0.25) is 0 Å². The standard InChI is InChI=1S/C13H17NO2/c15-13(14-10-12-6-7-12)16-9-8-11-4-2-1-3-5-11/h1-5,12H,6-10H2,(H,14,15). The van der Waals surface area contributed by atoms with Gasteiger partial charge in [-0.25, -0.2) is 4.79 Å². The minimum absolute atomic E-state index is 0.289. The quantitative estimate of drug-likeness (QED) is 0.825. The Hall–Kier alpha value is -1.51. The molecule has 0 atom stereocenters.